The second-order valence-electron chi connectivity index (χ2n) is 8.47. The molecule has 4 rings (SSSR count). The quantitative estimate of drug-likeness (QED) is 0.556. The lowest BCUT2D eigenvalue weighted by Gasteiger charge is -2.23. The highest BCUT2D eigenvalue weighted by atomic mass is 32.2. The summed E-state index contributed by atoms with van der Waals surface area (Å²) in [6.45, 7) is 0.911. The lowest BCUT2D eigenvalue weighted by Crippen LogP contribution is -2.39. The third-order valence-corrected chi connectivity index (χ3v) is 7.79. The van der Waals surface area contributed by atoms with Crippen LogP contribution in [0.15, 0.2) is 83.8 Å². The summed E-state index contributed by atoms with van der Waals surface area (Å²) >= 11 is 0. The molecule has 1 aliphatic heterocycles. The number of nitrogens with zero attached hydrogens (tertiary/aromatic N) is 2. The lowest BCUT2D eigenvalue weighted by atomic mass is 9.99. The number of anilines is 1. The number of sulfonamides is 1. The average Bonchev–Trinajstić information content (AvgIpc) is 3.21. The molecule has 3 aromatic rings. The number of amides is 1. The number of fused-ring (bicyclic) bond motifs is 1. The van der Waals surface area contributed by atoms with E-state index < -0.39 is 10.0 Å². The SMILES string of the molecule is CN(C)S(=O)(=O)c1ccc2c(c1)CCN2CC(=O)N[C@H](Cc1ccccc1)c1ccccc1. The van der Waals surface area contributed by atoms with Gasteiger partial charge in [0.1, 0.15) is 0 Å². The molecule has 0 aliphatic carbocycles. The molecule has 3 aromatic carbocycles. The van der Waals surface area contributed by atoms with E-state index in [1.54, 1.807) is 12.1 Å². The minimum Gasteiger partial charge on any atom is -0.362 e. The molecule has 1 atom stereocenters. The number of carbonyl (C=O) groups excluding carboxylic acids is 1. The highest BCUT2D eigenvalue weighted by Gasteiger charge is 2.26. The Labute approximate surface area is 195 Å². The maximum atomic E-state index is 13.0. The number of benzene rings is 3. The maximum absolute atomic E-state index is 13.0. The monoisotopic (exact) mass is 463 g/mol. The van der Waals surface area contributed by atoms with Gasteiger partial charge in [-0.05, 0) is 47.7 Å². The van der Waals surface area contributed by atoms with E-state index in [0.717, 1.165) is 22.4 Å². The van der Waals surface area contributed by atoms with Crippen LogP contribution >= 0.6 is 0 Å². The van der Waals surface area contributed by atoms with Gasteiger partial charge < -0.3 is 10.2 Å². The van der Waals surface area contributed by atoms with Crippen molar-refractivity contribution >= 4 is 21.6 Å². The Morgan fingerprint density at radius 2 is 1.67 bits per heavy atom. The molecule has 6 nitrogen and oxygen atoms in total. The highest BCUT2D eigenvalue weighted by molar-refractivity contribution is 7.89. The molecule has 0 bridgehead atoms. The van der Waals surface area contributed by atoms with Gasteiger partial charge in [-0.25, -0.2) is 12.7 Å². The highest BCUT2D eigenvalue weighted by Crippen LogP contribution is 2.30. The van der Waals surface area contributed by atoms with Crippen LogP contribution in [0.25, 0.3) is 0 Å². The molecule has 0 saturated heterocycles. The zero-order valence-corrected chi connectivity index (χ0v) is 19.8. The van der Waals surface area contributed by atoms with E-state index in [2.05, 4.69) is 17.4 Å². The first-order valence-electron chi connectivity index (χ1n) is 11.0. The number of hydrogen-bond acceptors (Lipinski definition) is 4. The van der Waals surface area contributed by atoms with Crippen molar-refractivity contribution in [1.82, 2.24) is 9.62 Å². The van der Waals surface area contributed by atoms with Gasteiger partial charge in [0.25, 0.3) is 0 Å². The Bertz CT molecular complexity index is 1210. The van der Waals surface area contributed by atoms with E-state index in [-0.39, 0.29) is 23.4 Å². The summed E-state index contributed by atoms with van der Waals surface area (Å²) < 4.78 is 26.1. The molecule has 1 N–H and O–H groups in total. The number of hydrogen-bond donors (Lipinski definition) is 1. The first-order chi connectivity index (χ1) is 15.8. The minimum absolute atomic E-state index is 0.0578. The van der Waals surface area contributed by atoms with E-state index in [0.29, 0.717) is 19.4 Å². The van der Waals surface area contributed by atoms with Crippen molar-refractivity contribution in [1.29, 1.82) is 0 Å². The molecule has 1 heterocycles. The summed E-state index contributed by atoms with van der Waals surface area (Å²) in [4.78, 5) is 15.3. The minimum atomic E-state index is -3.48. The van der Waals surface area contributed by atoms with Crippen molar-refractivity contribution < 1.29 is 13.2 Å². The Hall–Kier alpha value is -3.16. The zero-order chi connectivity index (χ0) is 23.4. The molecule has 33 heavy (non-hydrogen) atoms. The number of nitrogens with one attached hydrogen (secondary N) is 1. The first-order valence-corrected chi connectivity index (χ1v) is 12.5. The van der Waals surface area contributed by atoms with Crippen LogP contribution < -0.4 is 10.2 Å². The Kier molecular flexibility index (Phi) is 6.81. The van der Waals surface area contributed by atoms with Gasteiger partial charge in [-0.15, -0.1) is 0 Å². The zero-order valence-electron chi connectivity index (χ0n) is 18.9. The number of carbonyl (C=O) groups is 1. The fraction of sp³-hybridized carbons (Fsp3) is 0.269. The maximum Gasteiger partial charge on any atom is 0.242 e. The van der Waals surface area contributed by atoms with Gasteiger partial charge in [-0.1, -0.05) is 60.7 Å². The molecule has 172 valence electrons. The Balaban J connectivity index is 1.48. The summed E-state index contributed by atoms with van der Waals surface area (Å²) in [6, 6.07) is 25.2. The van der Waals surface area contributed by atoms with Gasteiger partial charge in [0.05, 0.1) is 17.5 Å². The summed E-state index contributed by atoms with van der Waals surface area (Å²) in [6.07, 6.45) is 1.42. The predicted octanol–water partition coefficient (Wildman–Crippen LogP) is 3.40. The van der Waals surface area contributed by atoms with Crippen LogP contribution in [0, 0.1) is 0 Å². The molecule has 0 aromatic heterocycles. The molecule has 1 amide bonds. The Morgan fingerprint density at radius 3 is 2.33 bits per heavy atom. The van der Waals surface area contributed by atoms with Crippen LogP contribution in [0.5, 0.6) is 0 Å². The van der Waals surface area contributed by atoms with Crippen LogP contribution in [0.1, 0.15) is 22.7 Å². The van der Waals surface area contributed by atoms with E-state index in [4.69, 9.17) is 0 Å². The van der Waals surface area contributed by atoms with Gasteiger partial charge >= 0.3 is 0 Å². The molecular formula is C26H29N3O3S. The van der Waals surface area contributed by atoms with Crippen LogP contribution in [0.4, 0.5) is 5.69 Å². The summed E-state index contributed by atoms with van der Waals surface area (Å²) in [7, 11) is -0.429. The third kappa shape index (κ3) is 5.26. The smallest absolute Gasteiger partial charge is 0.242 e. The fourth-order valence-electron chi connectivity index (χ4n) is 4.18. The molecular weight excluding hydrogens is 434 g/mol. The molecule has 0 fully saturated rings. The molecule has 0 unspecified atom stereocenters. The van der Waals surface area contributed by atoms with E-state index in [1.807, 2.05) is 59.5 Å². The predicted molar refractivity (Wildman–Crippen MR) is 131 cm³/mol. The van der Waals surface area contributed by atoms with Crippen molar-refractivity contribution in [3.05, 3.63) is 95.6 Å². The standard InChI is InChI=1S/C26H29N3O3S/c1-28(2)33(31,32)23-13-14-25-22(18-23)15-16-29(25)19-26(30)27-24(21-11-7-4-8-12-21)17-20-9-5-3-6-10-20/h3-14,18,24H,15-17,19H2,1-2H3,(H,27,30)/t24-/m1/s1. The first kappa shape index (κ1) is 23.0. The summed E-state index contributed by atoms with van der Waals surface area (Å²) in [5.41, 5.74) is 4.10. The van der Waals surface area contributed by atoms with Crippen LogP contribution in [0.3, 0.4) is 0 Å². The van der Waals surface area contributed by atoms with Crippen LogP contribution in [-0.4, -0.2) is 45.8 Å². The molecule has 0 radical (unpaired) electrons. The van der Waals surface area contributed by atoms with Gasteiger partial charge in [-0.2, -0.15) is 0 Å². The number of rotatable bonds is 8. The molecule has 0 saturated carbocycles. The summed E-state index contributed by atoms with van der Waals surface area (Å²) in [5, 5.41) is 3.21. The Morgan fingerprint density at radius 1 is 1.00 bits per heavy atom. The fourth-order valence-corrected chi connectivity index (χ4v) is 5.14. The van der Waals surface area contributed by atoms with Crippen LogP contribution in [-0.2, 0) is 27.7 Å². The van der Waals surface area contributed by atoms with Crippen LogP contribution in [0.2, 0.25) is 0 Å². The van der Waals surface area contributed by atoms with E-state index in [1.165, 1.54) is 18.4 Å². The largest absolute Gasteiger partial charge is 0.362 e. The summed E-state index contributed by atoms with van der Waals surface area (Å²) in [5.74, 6) is -0.0578. The van der Waals surface area contributed by atoms with Crippen molar-refractivity contribution in [2.75, 3.05) is 32.1 Å². The molecule has 0 spiro atoms. The van der Waals surface area contributed by atoms with E-state index in [9.17, 15) is 13.2 Å². The van der Waals surface area contributed by atoms with Crippen molar-refractivity contribution in [3.63, 3.8) is 0 Å². The normalized spacial score (nSPS) is 14.2. The van der Waals surface area contributed by atoms with Crippen molar-refractivity contribution in [2.24, 2.45) is 0 Å². The van der Waals surface area contributed by atoms with Gasteiger partial charge in [0.15, 0.2) is 0 Å². The van der Waals surface area contributed by atoms with E-state index >= 15 is 0 Å². The second-order valence-corrected chi connectivity index (χ2v) is 10.6. The van der Waals surface area contributed by atoms with Gasteiger partial charge in [0.2, 0.25) is 15.9 Å². The topological polar surface area (TPSA) is 69.7 Å². The third-order valence-electron chi connectivity index (χ3n) is 5.98. The molecule has 7 heteroatoms. The second kappa shape index (κ2) is 9.77. The average molecular weight is 464 g/mol. The molecule has 1 aliphatic rings. The lowest BCUT2D eigenvalue weighted by molar-refractivity contribution is -0.120. The van der Waals surface area contributed by atoms with Crippen molar-refractivity contribution in [2.45, 2.75) is 23.8 Å². The van der Waals surface area contributed by atoms with Crippen molar-refractivity contribution in [3.8, 4) is 0 Å². The van der Waals surface area contributed by atoms with Gasteiger partial charge in [0, 0.05) is 26.3 Å². The van der Waals surface area contributed by atoms with Gasteiger partial charge in [-0.3, -0.25) is 4.79 Å².